The number of piperidine rings is 1. The van der Waals surface area contributed by atoms with Gasteiger partial charge in [-0.15, -0.1) is 0 Å². The van der Waals surface area contributed by atoms with E-state index in [1.807, 2.05) is 30.3 Å². The van der Waals surface area contributed by atoms with Crippen molar-refractivity contribution in [3.8, 4) is 22.9 Å². The summed E-state index contributed by atoms with van der Waals surface area (Å²) in [6, 6.07) is 22.5. The predicted octanol–water partition coefficient (Wildman–Crippen LogP) is 5.48. The molecule has 0 spiro atoms. The number of aromatic nitrogens is 4. The van der Waals surface area contributed by atoms with Crippen LogP contribution in [0.25, 0.3) is 11.4 Å². The number of benzene rings is 3. The Labute approximate surface area is 312 Å². The van der Waals surface area contributed by atoms with Gasteiger partial charge in [0.05, 0.1) is 23.0 Å². The minimum Gasteiger partial charge on any atom is -0.490 e. The third-order valence-corrected chi connectivity index (χ3v) is 10.2. The fourth-order valence-corrected chi connectivity index (χ4v) is 6.76. The summed E-state index contributed by atoms with van der Waals surface area (Å²) in [6.07, 6.45) is 7.72. The van der Waals surface area contributed by atoms with Crippen LogP contribution in [0.2, 0.25) is 0 Å². The first kappa shape index (κ1) is 36.0. The van der Waals surface area contributed by atoms with Gasteiger partial charge in [-0.3, -0.25) is 29.6 Å². The topological polar surface area (TPSA) is 168 Å². The lowest BCUT2D eigenvalue weighted by atomic mass is 9.78. The van der Waals surface area contributed by atoms with Crippen LogP contribution >= 0.6 is 0 Å². The van der Waals surface area contributed by atoms with E-state index in [9.17, 15) is 19.2 Å². The summed E-state index contributed by atoms with van der Waals surface area (Å²) in [7, 11) is 1.51. The Morgan fingerprint density at radius 1 is 1.00 bits per heavy atom. The second-order valence-electron chi connectivity index (χ2n) is 14.2. The Morgan fingerprint density at radius 3 is 2.39 bits per heavy atom. The van der Waals surface area contributed by atoms with Gasteiger partial charge in [-0.05, 0) is 66.1 Å². The second-order valence-corrected chi connectivity index (χ2v) is 14.2. The van der Waals surface area contributed by atoms with Crippen molar-refractivity contribution in [2.75, 3.05) is 12.4 Å². The normalized spacial score (nSPS) is 18.2. The maximum atomic E-state index is 13.4. The molecule has 3 N–H and O–H groups in total. The van der Waals surface area contributed by atoms with Crippen molar-refractivity contribution in [2.45, 2.75) is 69.7 Å². The lowest BCUT2D eigenvalue weighted by molar-refractivity contribution is -0.136. The average Bonchev–Trinajstić information content (AvgIpc) is 3.72. The van der Waals surface area contributed by atoms with Gasteiger partial charge in [0.25, 0.3) is 5.91 Å². The third-order valence-electron chi connectivity index (χ3n) is 10.2. The number of amides is 3. The Bertz CT molecular complexity index is 2150. The number of imide groups is 1. The van der Waals surface area contributed by atoms with E-state index in [0.29, 0.717) is 24.4 Å². The van der Waals surface area contributed by atoms with Crippen molar-refractivity contribution < 1.29 is 28.7 Å². The highest BCUT2D eigenvalue weighted by Crippen LogP contribution is 2.35. The van der Waals surface area contributed by atoms with Crippen LogP contribution in [-0.4, -0.2) is 74.3 Å². The molecule has 2 aliphatic rings. The Balaban J connectivity index is 0.902. The van der Waals surface area contributed by atoms with Crippen LogP contribution in [0.15, 0.2) is 91.4 Å². The van der Waals surface area contributed by atoms with Crippen molar-refractivity contribution >= 4 is 29.7 Å². The number of aldehydes is 1. The number of rotatable bonds is 13. The largest absolute Gasteiger partial charge is 0.490 e. The van der Waals surface area contributed by atoms with E-state index in [4.69, 9.17) is 9.47 Å². The van der Waals surface area contributed by atoms with Crippen molar-refractivity contribution in [3.63, 3.8) is 0 Å². The number of nitrogens with zero attached hydrogens (tertiary/aromatic N) is 4. The second kappa shape index (κ2) is 15.3. The van der Waals surface area contributed by atoms with E-state index in [0.717, 1.165) is 46.7 Å². The zero-order valence-corrected chi connectivity index (χ0v) is 30.2. The van der Waals surface area contributed by atoms with Gasteiger partial charge in [-0.25, -0.2) is 9.97 Å². The smallest absolute Gasteiger partial charge is 0.255 e. The molecule has 276 valence electrons. The SMILES string of the molecule is CN(C(=O)c1cc(NC2CC(Oc3ccc(C(C)(C)c4ccc(OCc5ccnc(-c6cn[nH]c6)n5)cc4)cc3)C2)ccc1C=O)C1CCC(=O)NC1=O. The Hall–Kier alpha value is -6.37. The van der Waals surface area contributed by atoms with Crippen molar-refractivity contribution in [1.29, 1.82) is 0 Å². The average molecular weight is 728 g/mol. The Kier molecular flexibility index (Phi) is 10.2. The molecule has 1 saturated heterocycles. The van der Waals surface area contributed by atoms with Gasteiger partial charge in [0.15, 0.2) is 12.1 Å². The molecule has 3 heterocycles. The molecule has 5 aromatic rings. The molecule has 2 fully saturated rings. The van der Waals surface area contributed by atoms with E-state index in [-0.39, 0.29) is 47.4 Å². The molecule has 54 heavy (non-hydrogen) atoms. The Morgan fingerprint density at radius 2 is 1.72 bits per heavy atom. The van der Waals surface area contributed by atoms with Gasteiger partial charge < -0.3 is 19.7 Å². The molecule has 3 aromatic carbocycles. The molecule has 13 nitrogen and oxygen atoms in total. The number of H-pyrrole nitrogens is 1. The summed E-state index contributed by atoms with van der Waals surface area (Å²) in [6.45, 7) is 4.69. The molecule has 1 atom stereocenters. The summed E-state index contributed by atoms with van der Waals surface area (Å²) in [5.74, 6) is 0.802. The number of aromatic amines is 1. The van der Waals surface area contributed by atoms with Gasteiger partial charge in [0.1, 0.15) is 30.3 Å². The van der Waals surface area contributed by atoms with Crippen molar-refractivity contribution in [1.82, 2.24) is 30.4 Å². The van der Waals surface area contributed by atoms with E-state index in [1.54, 1.807) is 36.8 Å². The highest BCUT2D eigenvalue weighted by Gasteiger charge is 2.34. The number of nitrogens with one attached hydrogen (secondary N) is 3. The van der Waals surface area contributed by atoms with Crippen LogP contribution in [0.3, 0.4) is 0 Å². The van der Waals surface area contributed by atoms with Gasteiger partial charge in [0.2, 0.25) is 11.8 Å². The number of ether oxygens (including phenoxy) is 2. The number of likely N-dealkylation sites (N-methyl/N-ethyl adjacent to an activating group) is 1. The first-order valence-corrected chi connectivity index (χ1v) is 17.9. The third kappa shape index (κ3) is 7.85. The number of hydrogen-bond acceptors (Lipinski definition) is 10. The molecule has 1 saturated carbocycles. The van der Waals surface area contributed by atoms with Crippen LogP contribution < -0.4 is 20.1 Å². The highest BCUT2D eigenvalue weighted by atomic mass is 16.5. The van der Waals surface area contributed by atoms with Crippen LogP contribution in [0.1, 0.15) is 77.1 Å². The molecular weight excluding hydrogens is 686 g/mol. The van der Waals surface area contributed by atoms with Crippen LogP contribution in [0.4, 0.5) is 5.69 Å². The zero-order chi connectivity index (χ0) is 37.8. The first-order valence-electron chi connectivity index (χ1n) is 17.9. The molecule has 13 heteroatoms. The number of anilines is 1. The lowest BCUT2D eigenvalue weighted by Crippen LogP contribution is -2.53. The molecular formula is C41H41N7O6. The number of carbonyl (C=O) groups is 4. The summed E-state index contributed by atoms with van der Waals surface area (Å²) >= 11 is 0. The first-order chi connectivity index (χ1) is 26.1. The van der Waals surface area contributed by atoms with Crippen LogP contribution in [0.5, 0.6) is 11.5 Å². The van der Waals surface area contributed by atoms with Crippen molar-refractivity contribution in [2.24, 2.45) is 0 Å². The molecule has 0 radical (unpaired) electrons. The summed E-state index contributed by atoms with van der Waals surface area (Å²) in [5, 5.41) is 12.5. The van der Waals surface area contributed by atoms with Crippen LogP contribution in [-0.2, 0) is 21.6 Å². The van der Waals surface area contributed by atoms with E-state index in [1.165, 1.54) is 11.9 Å². The predicted molar refractivity (Wildman–Crippen MR) is 200 cm³/mol. The molecule has 1 aliphatic carbocycles. The molecule has 1 aliphatic heterocycles. The maximum absolute atomic E-state index is 13.4. The summed E-state index contributed by atoms with van der Waals surface area (Å²) in [4.78, 5) is 59.2. The van der Waals surface area contributed by atoms with Gasteiger partial charge in [-0.1, -0.05) is 38.1 Å². The molecule has 2 aromatic heterocycles. The number of carbonyl (C=O) groups excluding carboxylic acids is 4. The molecule has 1 unspecified atom stereocenters. The minimum atomic E-state index is -0.784. The van der Waals surface area contributed by atoms with Crippen LogP contribution in [0, 0.1) is 0 Å². The fraction of sp³-hybridized carbons (Fsp3) is 0.293. The summed E-state index contributed by atoms with van der Waals surface area (Å²) < 4.78 is 12.3. The van der Waals surface area contributed by atoms with Crippen molar-refractivity contribution in [3.05, 3.63) is 119 Å². The monoisotopic (exact) mass is 727 g/mol. The summed E-state index contributed by atoms with van der Waals surface area (Å²) in [5.41, 5.74) is 4.75. The lowest BCUT2D eigenvalue weighted by Gasteiger charge is -2.36. The van der Waals surface area contributed by atoms with E-state index in [2.05, 4.69) is 68.9 Å². The van der Waals surface area contributed by atoms with Gasteiger partial charge in [0, 0.05) is 61.4 Å². The fourth-order valence-electron chi connectivity index (χ4n) is 6.76. The molecule has 3 amide bonds. The van der Waals surface area contributed by atoms with E-state index < -0.39 is 17.9 Å². The van der Waals surface area contributed by atoms with Gasteiger partial charge >= 0.3 is 0 Å². The molecule has 7 rings (SSSR count). The standard InChI is InChI=1S/C41H41N7O6/c1-41(2,27-5-10-32(11-6-27)53-24-30-16-17-42-38(46-30)26-21-43-44-22-26)28-7-12-33(13-8-28)54-34-18-31(19-34)45-29-9-4-25(23-49)35(20-29)40(52)48(3)36-14-15-37(50)47-39(36)51/h4-13,16-17,20-23,31,34,36,45H,14-15,18-19,24H2,1-3H3,(H,43,44)(H,47,50,51). The van der Waals surface area contributed by atoms with Gasteiger partial charge in [-0.2, -0.15) is 5.10 Å². The molecule has 0 bridgehead atoms. The highest BCUT2D eigenvalue weighted by molar-refractivity contribution is 6.06. The van der Waals surface area contributed by atoms with E-state index >= 15 is 0 Å². The number of hydrogen-bond donors (Lipinski definition) is 3. The zero-order valence-electron chi connectivity index (χ0n) is 30.2. The minimum absolute atomic E-state index is 0.0301. The quantitative estimate of drug-likeness (QED) is 0.104. The maximum Gasteiger partial charge on any atom is 0.255 e.